The molecule has 0 unspecified atom stereocenters. The van der Waals surface area contributed by atoms with Gasteiger partial charge < -0.3 is 4.74 Å². The second-order valence-electron chi connectivity index (χ2n) is 3.89. The van der Waals surface area contributed by atoms with Crippen LogP contribution in [0.1, 0.15) is 26.3 Å². The highest BCUT2D eigenvalue weighted by Gasteiger charge is 2.12. The average Bonchev–Trinajstić information content (AvgIpc) is 2.03. The van der Waals surface area contributed by atoms with Crippen molar-refractivity contribution < 1.29 is 4.74 Å². The molecule has 1 nitrogen and oxygen atoms in total. The van der Waals surface area contributed by atoms with E-state index in [1.165, 1.54) is 5.56 Å². The lowest BCUT2D eigenvalue weighted by Gasteiger charge is -2.18. The first-order valence-corrected chi connectivity index (χ1v) is 4.10. The summed E-state index contributed by atoms with van der Waals surface area (Å²) < 4.78 is 5.05. The van der Waals surface area contributed by atoms with Gasteiger partial charge in [-0.15, -0.1) is 0 Å². The van der Waals surface area contributed by atoms with Crippen molar-refractivity contribution in [1.82, 2.24) is 0 Å². The summed E-state index contributed by atoms with van der Waals surface area (Å²) in [5, 5.41) is 0. The zero-order valence-corrected chi connectivity index (χ0v) is 8.14. The van der Waals surface area contributed by atoms with E-state index in [2.05, 4.69) is 32.9 Å². The number of methoxy groups -OCH3 is 1. The van der Waals surface area contributed by atoms with E-state index in [0.717, 1.165) is 5.75 Å². The maximum atomic E-state index is 5.05. The third-order valence-corrected chi connectivity index (χ3v) is 1.83. The van der Waals surface area contributed by atoms with Crippen LogP contribution in [0.25, 0.3) is 0 Å². The third-order valence-electron chi connectivity index (χ3n) is 1.83. The first-order chi connectivity index (χ1) is 5.54. The van der Waals surface area contributed by atoms with Crippen LogP contribution in [0.2, 0.25) is 0 Å². The largest absolute Gasteiger partial charge is 0.497 e. The molecule has 1 heteroatoms. The van der Waals surface area contributed by atoms with Crippen LogP contribution in [0, 0.1) is 6.07 Å². The molecule has 0 bridgehead atoms. The summed E-state index contributed by atoms with van der Waals surface area (Å²) in [6.07, 6.45) is 0. The van der Waals surface area contributed by atoms with E-state index in [1.54, 1.807) is 7.11 Å². The number of hydrogen-bond donors (Lipinski definition) is 0. The molecule has 0 fully saturated rings. The van der Waals surface area contributed by atoms with Crippen molar-refractivity contribution in [3.05, 3.63) is 29.8 Å². The minimum absolute atomic E-state index is 0.173. The summed E-state index contributed by atoms with van der Waals surface area (Å²) in [6, 6.07) is 9.10. The summed E-state index contributed by atoms with van der Waals surface area (Å²) >= 11 is 0. The summed E-state index contributed by atoms with van der Waals surface area (Å²) in [4.78, 5) is 0. The van der Waals surface area contributed by atoms with Gasteiger partial charge in [-0.25, -0.2) is 0 Å². The Hall–Kier alpha value is -0.980. The molecular weight excluding hydrogens is 148 g/mol. The fourth-order valence-electron chi connectivity index (χ4n) is 1.00. The van der Waals surface area contributed by atoms with Crippen molar-refractivity contribution in [2.24, 2.45) is 0 Å². The van der Waals surface area contributed by atoms with Crippen LogP contribution in [0.4, 0.5) is 0 Å². The van der Waals surface area contributed by atoms with Gasteiger partial charge in [-0.05, 0) is 29.2 Å². The van der Waals surface area contributed by atoms with Crippen LogP contribution in [0.5, 0.6) is 5.75 Å². The van der Waals surface area contributed by atoms with E-state index in [4.69, 9.17) is 4.74 Å². The molecule has 0 aliphatic carbocycles. The average molecular weight is 163 g/mol. The molecule has 0 aromatic heterocycles. The minimum atomic E-state index is 0.173. The molecule has 12 heavy (non-hydrogen) atoms. The Morgan fingerprint density at radius 2 is 1.92 bits per heavy atom. The second-order valence-corrected chi connectivity index (χ2v) is 3.89. The fourth-order valence-corrected chi connectivity index (χ4v) is 1.00. The van der Waals surface area contributed by atoms with Gasteiger partial charge in [0.25, 0.3) is 0 Å². The van der Waals surface area contributed by atoms with Gasteiger partial charge in [0.2, 0.25) is 0 Å². The predicted octanol–water partition coefficient (Wildman–Crippen LogP) is 2.79. The summed E-state index contributed by atoms with van der Waals surface area (Å²) in [7, 11) is 1.67. The van der Waals surface area contributed by atoms with Crippen molar-refractivity contribution in [2.45, 2.75) is 26.2 Å². The van der Waals surface area contributed by atoms with E-state index in [0.29, 0.717) is 0 Å². The molecule has 1 rings (SSSR count). The molecule has 0 saturated heterocycles. The van der Waals surface area contributed by atoms with Gasteiger partial charge in [0, 0.05) is 0 Å². The lowest BCUT2D eigenvalue weighted by atomic mass is 9.87. The summed E-state index contributed by atoms with van der Waals surface area (Å²) in [6.45, 7) is 6.52. The van der Waals surface area contributed by atoms with Crippen LogP contribution >= 0.6 is 0 Å². The van der Waals surface area contributed by atoms with Gasteiger partial charge in [-0.2, -0.15) is 0 Å². The van der Waals surface area contributed by atoms with Crippen LogP contribution in [-0.4, -0.2) is 7.11 Å². The topological polar surface area (TPSA) is 9.23 Å². The Balaban J connectivity index is 2.93. The Kier molecular flexibility index (Phi) is 2.41. The predicted molar refractivity (Wildman–Crippen MR) is 50.5 cm³/mol. The Bertz CT molecular complexity index is 241. The van der Waals surface area contributed by atoms with Crippen molar-refractivity contribution in [1.29, 1.82) is 0 Å². The monoisotopic (exact) mass is 163 g/mol. The van der Waals surface area contributed by atoms with E-state index >= 15 is 0 Å². The van der Waals surface area contributed by atoms with Gasteiger partial charge in [0.15, 0.2) is 0 Å². The molecule has 0 aliphatic rings. The Labute approximate surface area is 74.4 Å². The zero-order chi connectivity index (χ0) is 9.19. The molecule has 0 aliphatic heterocycles. The summed E-state index contributed by atoms with van der Waals surface area (Å²) in [5.74, 6) is 0.864. The molecule has 0 saturated carbocycles. The molecule has 65 valence electrons. The number of hydrogen-bond acceptors (Lipinski definition) is 1. The maximum Gasteiger partial charge on any atom is 0.119 e. The fraction of sp³-hybridized carbons (Fsp3) is 0.455. The lowest BCUT2D eigenvalue weighted by molar-refractivity contribution is 0.414. The molecule has 1 aromatic carbocycles. The summed E-state index contributed by atoms with van der Waals surface area (Å²) in [5.41, 5.74) is 1.38. The van der Waals surface area contributed by atoms with E-state index in [1.807, 2.05) is 12.1 Å². The maximum absolute atomic E-state index is 5.05. The van der Waals surface area contributed by atoms with E-state index in [-0.39, 0.29) is 5.41 Å². The first kappa shape index (κ1) is 9.11. The van der Waals surface area contributed by atoms with Crippen molar-refractivity contribution in [2.75, 3.05) is 7.11 Å². The Morgan fingerprint density at radius 3 is 2.25 bits per heavy atom. The molecule has 1 radical (unpaired) electrons. The second kappa shape index (κ2) is 3.18. The molecule has 1 aromatic rings. The van der Waals surface area contributed by atoms with Crippen molar-refractivity contribution in [3.63, 3.8) is 0 Å². The van der Waals surface area contributed by atoms with Crippen molar-refractivity contribution >= 4 is 0 Å². The highest BCUT2D eigenvalue weighted by atomic mass is 16.5. The van der Waals surface area contributed by atoms with Gasteiger partial charge in [0.05, 0.1) is 7.11 Å². The van der Waals surface area contributed by atoms with Crippen LogP contribution < -0.4 is 4.74 Å². The van der Waals surface area contributed by atoms with Crippen LogP contribution in [0.3, 0.4) is 0 Å². The number of benzene rings is 1. The number of rotatable bonds is 1. The molecule has 0 heterocycles. The van der Waals surface area contributed by atoms with E-state index in [9.17, 15) is 0 Å². The smallest absolute Gasteiger partial charge is 0.119 e. The normalized spacial score (nSPS) is 11.3. The lowest BCUT2D eigenvalue weighted by Crippen LogP contribution is -2.10. The van der Waals surface area contributed by atoms with Gasteiger partial charge >= 0.3 is 0 Å². The van der Waals surface area contributed by atoms with Crippen LogP contribution in [-0.2, 0) is 5.41 Å². The minimum Gasteiger partial charge on any atom is -0.497 e. The molecule has 0 spiro atoms. The SMILES string of the molecule is COc1c[c]c(C(C)(C)C)cc1. The zero-order valence-electron chi connectivity index (χ0n) is 8.14. The molecular formula is C11H15O. The van der Waals surface area contributed by atoms with Gasteiger partial charge in [0.1, 0.15) is 5.75 Å². The quantitative estimate of drug-likeness (QED) is 0.618. The Morgan fingerprint density at radius 1 is 1.25 bits per heavy atom. The number of ether oxygens (including phenoxy) is 1. The molecule has 0 atom stereocenters. The standard InChI is InChI=1S/C11H15O/c1-11(2,3)9-5-7-10(12-4)8-6-9/h5,7-8H,1-4H3. The van der Waals surface area contributed by atoms with Crippen LogP contribution in [0.15, 0.2) is 18.2 Å². The van der Waals surface area contributed by atoms with Gasteiger partial charge in [-0.1, -0.05) is 26.8 Å². The van der Waals surface area contributed by atoms with Gasteiger partial charge in [-0.3, -0.25) is 0 Å². The highest BCUT2D eigenvalue weighted by Crippen LogP contribution is 2.23. The first-order valence-electron chi connectivity index (χ1n) is 4.10. The third kappa shape index (κ3) is 2.00. The van der Waals surface area contributed by atoms with E-state index < -0.39 is 0 Å². The molecule has 0 amide bonds. The van der Waals surface area contributed by atoms with Crippen molar-refractivity contribution in [3.8, 4) is 5.75 Å². The molecule has 0 N–H and O–H groups in total. The highest BCUT2D eigenvalue weighted by molar-refractivity contribution is 5.29.